The van der Waals surface area contributed by atoms with Gasteiger partial charge in [0, 0.05) is 12.6 Å². The van der Waals surface area contributed by atoms with E-state index in [0.29, 0.717) is 12.5 Å². The lowest BCUT2D eigenvalue weighted by molar-refractivity contribution is -0.383. The van der Waals surface area contributed by atoms with Crippen LogP contribution < -0.4 is 10.5 Å². The van der Waals surface area contributed by atoms with E-state index >= 15 is 0 Å². The average molecular weight is 301 g/mol. The highest BCUT2D eigenvalue weighted by Crippen LogP contribution is 2.24. The van der Waals surface area contributed by atoms with Gasteiger partial charge in [-0.15, -0.1) is 0 Å². The second-order valence-corrected chi connectivity index (χ2v) is 6.82. The van der Waals surface area contributed by atoms with Crippen molar-refractivity contribution >= 4 is 21.4 Å². The monoisotopic (exact) mass is 301 g/mol. The largest absolute Gasteiger partial charge is 0.393 e. The number of nitrogen functional groups attached to an aromatic ring is 1. The van der Waals surface area contributed by atoms with Crippen LogP contribution in [0.15, 0.2) is 23.1 Å². The van der Waals surface area contributed by atoms with E-state index < -0.39 is 14.9 Å². The minimum atomic E-state index is -3.71. The third-order valence-electron chi connectivity index (χ3n) is 3.24. The first kappa shape index (κ1) is 16.4. The predicted octanol–water partition coefficient (Wildman–Crippen LogP) is 1.75. The topological polar surface area (TPSA) is 115 Å². The van der Waals surface area contributed by atoms with Crippen molar-refractivity contribution < 1.29 is 13.3 Å². The van der Waals surface area contributed by atoms with Crippen LogP contribution in [0.2, 0.25) is 0 Å². The van der Waals surface area contributed by atoms with Crippen molar-refractivity contribution in [2.75, 3.05) is 12.3 Å². The first-order valence-electron chi connectivity index (χ1n) is 6.18. The minimum Gasteiger partial charge on any atom is -0.393 e. The fourth-order valence-electron chi connectivity index (χ4n) is 1.43. The Morgan fingerprint density at radius 3 is 2.40 bits per heavy atom. The third kappa shape index (κ3) is 3.91. The van der Waals surface area contributed by atoms with Gasteiger partial charge in [-0.2, -0.15) is 0 Å². The molecular formula is C12H19N3O4S. The van der Waals surface area contributed by atoms with E-state index in [1.165, 1.54) is 6.07 Å². The van der Waals surface area contributed by atoms with E-state index in [-0.39, 0.29) is 22.2 Å². The quantitative estimate of drug-likeness (QED) is 0.472. The second-order valence-electron chi connectivity index (χ2n) is 5.05. The van der Waals surface area contributed by atoms with Crippen LogP contribution >= 0.6 is 0 Å². The number of nitro benzene ring substituents is 1. The van der Waals surface area contributed by atoms with Crippen LogP contribution in [0.3, 0.4) is 0 Å². The van der Waals surface area contributed by atoms with Gasteiger partial charge in [0.15, 0.2) is 0 Å². The maximum absolute atomic E-state index is 12.1. The van der Waals surface area contributed by atoms with Gasteiger partial charge in [0.05, 0.1) is 9.82 Å². The third-order valence-corrected chi connectivity index (χ3v) is 4.66. The predicted molar refractivity (Wildman–Crippen MR) is 76.7 cm³/mol. The fourth-order valence-corrected chi connectivity index (χ4v) is 2.60. The molecule has 0 fully saturated rings. The smallest absolute Gasteiger partial charge is 0.292 e. The zero-order chi connectivity index (χ0) is 15.5. The average Bonchev–Trinajstić information content (AvgIpc) is 2.35. The number of nitrogens with zero attached hydrogens (tertiary/aromatic N) is 1. The molecule has 0 aromatic heterocycles. The zero-order valence-corrected chi connectivity index (χ0v) is 12.5. The van der Waals surface area contributed by atoms with Crippen molar-refractivity contribution in [3.8, 4) is 0 Å². The van der Waals surface area contributed by atoms with Crippen LogP contribution in [0.4, 0.5) is 11.4 Å². The van der Waals surface area contributed by atoms with Crippen LogP contribution in [0.5, 0.6) is 0 Å². The summed E-state index contributed by atoms with van der Waals surface area (Å²) in [7, 11) is -3.71. The molecule has 1 rings (SSSR count). The minimum absolute atomic E-state index is 0.0726. The summed E-state index contributed by atoms with van der Waals surface area (Å²) in [5.41, 5.74) is 5.01. The molecule has 7 nitrogen and oxygen atoms in total. The van der Waals surface area contributed by atoms with Gasteiger partial charge in [0.2, 0.25) is 10.0 Å². The van der Waals surface area contributed by atoms with Gasteiger partial charge in [-0.1, -0.05) is 20.8 Å². The van der Waals surface area contributed by atoms with Gasteiger partial charge >= 0.3 is 0 Å². The molecule has 1 atom stereocenters. The number of nitrogens with one attached hydrogen (secondary N) is 1. The number of benzene rings is 1. The lowest BCUT2D eigenvalue weighted by atomic mass is 9.99. The number of hydrogen-bond acceptors (Lipinski definition) is 5. The lowest BCUT2D eigenvalue weighted by Gasteiger charge is -2.16. The van der Waals surface area contributed by atoms with Gasteiger partial charge in [0.25, 0.3) is 5.69 Å². The molecule has 0 amide bonds. The summed E-state index contributed by atoms with van der Waals surface area (Å²) in [6.07, 6.45) is 0. The van der Waals surface area contributed by atoms with Crippen LogP contribution in [-0.4, -0.2) is 19.9 Å². The van der Waals surface area contributed by atoms with E-state index in [1.807, 2.05) is 20.8 Å². The second kappa shape index (κ2) is 6.19. The number of nitrogens with two attached hydrogens (primary N) is 1. The Kier molecular flexibility index (Phi) is 5.07. The first-order valence-corrected chi connectivity index (χ1v) is 7.67. The molecule has 8 heteroatoms. The van der Waals surface area contributed by atoms with Gasteiger partial charge in [0.1, 0.15) is 5.69 Å². The summed E-state index contributed by atoms with van der Waals surface area (Å²) in [6.45, 7) is 6.25. The van der Waals surface area contributed by atoms with Crippen molar-refractivity contribution in [1.29, 1.82) is 0 Å². The number of nitro groups is 1. The highest BCUT2D eigenvalue weighted by Gasteiger charge is 2.20. The molecule has 0 heterocycles. The summed E-state index contributed by atoms with van der Waals surface area (Å²) < 4.78 is 26.6. The zero-order valence-electron chi connectivity index (χ0n) is 11.7. The molecule has 0 aliphatic carbocycles. The van der Waals surface area contributed by atoms with Crippen molar-refractivity contribution in [1.82, 2.24) is 4.72 Å². The first-order chi connectivity index (χ1) is 9.15. The van der Waals surface area contributed by atoms with E-state index in [0.717, 1.165) is 12.1 Å². The Hall–Kier alpha value is -1.67. The van der Waals surface area contributed by atoms with Crippen molar-refractivity contribution in [3.05, 3.63) is 28.3 Å². The molecule has 0 radical (unpaired) electrons. The van der Waals surface area contributed by atoms with Gasteiger partial charge in [-0.25, -0.2) is 13.1 Å². The highest BCUT2D eigenvalue weighted by atomic mass is 32.2. The Morgan fingerprint density at radius 1 is 1.35 bits per heavy atom. The van der Waals surface area contributed by atoms with Crippen LogP contribution in [0.1, 0.15) is 20.8 Å². The van der Waals surface area contributed by atoms with Gasteiger partial charge in [-0.3, -0.25) is 10.1 Å². The van der Waals surface area contributed by atoms with E-state index in [2.05, 4.69) is 4.72 Å². The number of rotatable bonds is 6. The number of sulfonamides is 1. The molecule has 3 N–H and O–H groups in total. The molecule has 1 aromatic carbocycles. The molecule has 0 saturated heterocycles. The molecule has 1 aromatic rings. The van der Waals surface area contributed by atoms with E-state index in [4.69, 9.17) is 5.73 Å². The van der Waals surface area contributed by atoms with Crippen LogP contribution in [-0.2, 0) is 10.0 Å². The fraction of sp³-hybridized carbons (Fsp3) is 0.500. The van der Waals surface area contributed by atoms with E-state index in [9.17, 15) is 18.5 Å². The number of hydrogen-bond donors (Lipinski definition) is 2. The molecule has 0 bridgehead atoms. The Labute approximate surface area is 118 Å². The Morgan fingerprint density at radius 2 is 1.95 bits per heavy atom. The van der Waals surface area contributed by atoms with Crippen LogP contribution in [0.25, 0.3) is 0 Å². The van der Waals surface area contributed by atoms with Gasteiger partial charge < -0.3 is 5.73 Å². The van der Waals surface area contributed by atoms with Crippen molar-refractivity contribution in [2.24, 2.45) is 11.8 Å². The standard InChI is InChI=1S/C12H19N3O4S/c1-8(2)9(3)7-14-20(18,19)10-4-5-12(15(16)17)11(13)6-10/h4-6,8-9,14H,7,13H2,1-3H3. The lowest BCUT2D eigenvalue weighted by Crippen LogP contribution is -2.30. The normalized spacial score (nSPS) is 13.4. The molecule has 0 saturated carbocycles. The number of anilines is 1. The van der Waals surface area contributed by atoms with Crippen molar-refractivity contribution in [3.63, 3.8) is 0 Å². The summed E-state index contributed by atoms with van der Waals surface area (Å²) in [5.74, 6) is 0.528. The molecule has 0 aliphatic heterocycles. The molecule has 0 spiro atoms. The molecule has 1 unspecified atom stereocenters. The molecular weight excluding hydrogens is 282 g/mol. The molecule has 0 aliphatic rings. The summed E-state index contributed by atoms with van der Waals surface area (Å²) >= 11 is 0. The Balaban J connectivity index is 2.94. The van der Waals surface area contributed by atoms with E-state index in [1.54, 1.807) is 0 Å². The Bertz CT molecular complexity index is 599. The van der Waals surface area contributed by atoms with Crippen LogP contribution in [0, 0.1) is 22.0 Å². The molecule has 20 heavy (non-hydrogen) atoms. The SMILES string of the molecule is CC(C)C(C)CNS(=O)(=O)c1ccc([N+](=O)[O-])c(N)c1. The summed E-state index contributed by atoms with van der Waals surface area (Å²) in [4.78, 5) is 9.91. The highest BCUT2D eigenvalue weighted by molar-refractivity contribution is 7.89. The molecule has 112 valence electrons. The maximum Gasteiger partial charge on any atom is 0.292 e. The van der Waals surface area contributed by atoms with Gasteiger partial charge in [-0.05, 0) is 24.0 Å². The van der Waals surface area contributed by atoms with Crippen molar-refractivity contribution in [2.45, 2.75) is 25.7 Å². The summed E-state index contributed by atoms with van der Waals surface area (Å²) in [5, 5.41) is 10.6. The maximum atomic E-state index is 12.1. The summed E-state index contributed by atoms with van der Waals surface area (Å²) in [6, 6.07) is 3.37.